The Hall–Kier alpha value is -0.0400. The second kappa shape index (κ2) is 3.61. The maximum atomic E-state index is 2.69. The minimum absolute atomic E-state index is 0.919. The number of likely N-dealkylation sites (tertiary alicyclic amines) is 1. The van der Waals surface area contributed by atoms with Gasteiger partial charge in [0.2, 0.25) is 0 Å². The van der Waals surface area contributed by atoms with Crippen molar-refractivity contribution in [1.82, 2.24) is 4.90 Å². The molecule has 0 amide bonds. The first-order chi connectivity index (χ1) is 6.16. The van der Waals surface area contributed by atoms with E-state index in [4.69, 9.17) is 0 Å². The van der Waals surface area contributed by atoms with E-state index >= 15 is 0 Å². The lowest BCUT2D eigenvalue weighted by Gasteiger charge is -2.35. The molecule has 2 aliphatic rings. The SMILES string of the molecule is CC1CCN(CC2CC2C)CC1C. The van der Waals surface area contributed by atoms with Crippen molar-refractivity contribution >= 4 is 0 Å². The standard InChI is InChI=1S/C12H23N/c1-9-4-5-13(7-11(9)3)8-12-6-10(12)2/h9-12H,4-8H2,1-3H3. The molecule has 4 unspecified atom stereocenters. The van der Waals surface area contributed by atoms with Crippen LogP contribution in [0.15, 0.2) is 0 Å². The van der Waals surface area contributed by atoms with Gasteiger partial charge in [-0.3, -0.25) is 0 Å². The lowest BCUT2D eigenvalue weighted by atomic mass is 9.88. The molecule has 1 heteroatoms. The summed E-state index contributed by atoms with van der Waals surface area (Å²) in [5, 5.41) is 0. The minimum atomic E-state index is 0.919. The van der Waals surface area contributed by atoms with E-state index in [1.165, 1.54) is 32.5 Å². The molecule has 0 aromatic heterocycles. The Morgan fingerprint density at radius 2 is 1.77 bits per heavy atom. The van der Waals surface area contributed by atoms with Gasteiger partial charge >= 0.3 is 0 Å². The van der Waals surface area contributed by atoms with Crippen LogP contribution in [0.25, 0.3) is 0 Å². The Bertz CT molecular complexity index is 176. The van der Waals surface area contributed by atoms with E-state index in [0.29, 0.717) is 0 Å². The highest BCUT2D eigenvalue weighted by Crippen LogP contribution is 2.39. The molecular weight excluding hydrogens is 158 g/mol. The molecule has 0 radical (unpaired) electrons. The van der Waals surface area contributed by atoms with Gasteiger partial charge in [-0.15, -0.1) is 0 Å². The van der Waals surface area contributed by atoms with Gasteiger partial charge in [-0.05, 0) is 43.1 Å². The van der Waals surface area contributed by atoms with Crippen molar-refractivity contribution in [1.29, 1.82) is 0 Å². The van der Waals surface area contributed by atoms with Gasteiger partial charge in [0.25, 0.3) is 0 Å². The van der Waals surface area contributed by atoms with Crippen LogP contribution in [0, 0.1) is 23.7 Å². The second-order valence-electron chi connectivity index (χ2n) is 5.48. The van der Waals surface area contributed by atoms with Gasteiger partial charge in [0, 0.05) is 13.1 Å². The third kappa shape index (κ3) is 2.25. The van der Waals surface area contributed by atoms with E-state index in [0.717, 1.165) is 23.7 Å². The molecule has 76 valence electrons. The summed E-state index contributed by atoms with van der Waals surface area (Å²) >= 11 is 0. The topological polar surface area (TPSA) is 3.24 Å². The van der Waals surface area contributed by atoms with Crippen LogP contribution >= 0.6 is 0 Å². The van der Waals surface area contributed by atoms with E-state index in [1.807, 2.05) is 0 Å². The van der Waals surface area contributed by atoms with Crippen LogP contribution in [-0.2, 0) is 0 Å². The van der Waals surface area contributed by atoms with Crippen molar-refractivity contribution in [2.24, 2.45) is 23.7 Å². The Labute approximate surface area is 82.5 Å². The molecule has 0 spiro atoms. The Kier molecular flexibility index (Phi) is 2.64. The third-order valence-corrected chi connectivity index (χ3v) is 4.19. The number of piperidine rings is 1. The highest BCUT2D eigenvalue weighted by Gasteiger charge is 2.35. The number of nitrogens with zero attached hydrogens (tertiary/aromatic N) is 1. The second-order valence-corrected chi connectivity index (χ2v) is 5.48. The van der Waals surface area contributed by atoms with Gasteiger partial charge in [-0.2, -0.15) is 0 Å². The van der Waals surface area contributed by atoms with Crippen molar-refractivity contribution in [3.8, 4) is 0 Å². The molecular formula is C12H23N. The molecule has 0 bridgehead atoms. The lowest BCUT2D eigenvalue weighted by Crippen LogP contribution is -2.39. The monoisotopic (exact) mass is 181 g/mol. The molecule has 2 fully saturated rings. The van der Waals surface area contributed by atoms with Gasteiger partial charge < -0.3 is 4.90 Å². The lowest BCUT2D eigenvalue weighted by molar-refractivity contribution is 0.132. The first-order valence-corrected chi connectivity index (χ1v) is 5.89. The number of rotatable bonds is 2. The predicted octanol–water partition coefficient (Wildman–Crippen LogP) is 2.62. The zero-order valence-corrected chi connectivity index (χ0v) is 9.29. The first-order valence-electron chi connectivity index (χ1n) is 5.89. The smallest absolute Gasteiger partial charge is 0.00124 e. The highest BCUT2D eigenvalue weighted by molar-refractivity contribution is 4.87. The molecule has 13 heavy (non-hydrogen) atoms. The van der Waals surface area contributed by atoms with Crippen molar-refractivity contribution in [3.63, 3.8) is 0 Å². The van der Waals surface area contributed by atoms with Crippen molar-refractivity contribution in [2.45, 2.75) is 33.6 Å². The molecule has 4 atom stereocenters. The van der Waals surface area contributed by atoms with Gasteiger partial charge in [0.15, 0.2) is 0 Å². The number of hydrogen-bond donors (Lipinski definition) is 0. The molecule has 0 aromatic rings. The zero-order chi connectivity index (χ0) is 9.42. The molecule has 2 rings (SSSR count). The van der Waals surface area contributed by atoms with Crippen LogP contribution in [0.2, 0.25) is 0 Å². The summed E-state index contributed by atoms with van der Waals surface area (Å²) in [6.45, 7) is 11.3. The summed E-state index contributed by atoms with van der Waals surface area (Å²) in [7, 11) is 0. The van der Waals surface area contributed by atoms with E-state index in [-0.39, 0.29) is 0 Å². The summed E-state index contributed by atoms with van der Waals surface area (Å²) in [6, 6.07) is 0. The molecule has 1 aliphatic carbocycles. The number of hydrogen-bond acceptors (Lipinski definition) is 1. The summed E-state index contributed by atoms with van der Waals surface area (Å²) in [6.07, 6.45) is 2.91. The van der Waals surface area contributed by atoms with Crippen LogP contribution in [0.1, 0.15) is 33.6 Å². The van der Waals surface area contributed by atoms with Crippen molar-refractivity contribution < 1.29 is 0 Å². The third-order valence-electron chi connectivity index (χ3n) is 4.19. The zero-order valence-electron chi connectivity index (χ0n) is 9.29. The fourth-order valence-electron chi connectivity index (χ4n) is 2.50. The van der Waals surface area contributed by atoms with Crippen LogP contribution in [0.5, 0.6) is 0 Å². The van der Waals surface area contributed by atoms with Crippen LogP contribution < -0.4 is 0 Å². The first kappa shape index (κ1) is 9.51. The molecule has 1 saturated heterocycles. The quantitative estimate of drug-likeness (QED) is 0.633. The van der Waals surface area contributed by atoms with Gasteiger partial charge in [0.05, 0.1) is 0 Å². The molecule has 0 aromatic carbocycles. The van der Waals surface area contributed by atoms with E-state index in [2.05, 4.69) is 25.7 Å². The maximum Gasteiger partial charge on any atom is 0.00124 e. The van der Waals surface area contributed by atoms with E-state index in [1.54, 1.807) is 0 Å². The van der Waals surface area contributed by atoms with Crippen molar-refractivity contribution in [2.75, 3.05) is 19.6 Å². The fourth-order valence-corrected chi connectivity index (χ4v) is 2.50. The van der Waals surface area contributed by atoms with Gasteiger partial charge in [-0.25, -0.2) is 0 Å². The molecule has 1 aliphatic heterocycles. The molecule has 1 heterocycles. The fraction of sp³-hybridized carbons (Fsp3) is 1.00. The Balaban J connectivity index is 1.75. The predicted molar refractivity (Wildman–Crippen MR) is 56.7 cm³/mol. The molecule has 1 saturated carbocycles. The van der Waals surface area contributed by atoms with Gasteiger partial charge in [-0.1, -0.05) is 20.8 Å². The molecule has 0 N–H and O–H groups in total. The van der Waals surface area contributed by atoms with Crippen LogP contribution in [-0.4, -0.2) is 24.5 Å². The maximum absolute atomic E-state index is 2.69. The van der Waals surface area contributed by atoms with Crippen molar-refractivity contribution in [3.05, 3.63) is 0 Å². The summed E-state index contributed by atoms with van der Waals surface area (Å²) < 4.78 is 0. The summed E-state index contributed by atoms with van der Waals surface area (Å²) in [4.78, 5) is 2.69. The molecule has 1 nitrogen and oxygen atoms in total. The van der Waals surface area contributed by atoms with Gasteiger partial charge in [0.1, 0.15) is 0 Å². The average molecular weight is 181 g/mol. The van der Waals surface area contributed by atoms with E-state index < -0.39 is 0 Å². The Morgan fingerprint density at radius 3 is 2.31 bits per heavy atom. The minimum Gasteiger partial charge on any atom is -0.303 e. The summed E-state index contributed by atoms with van der Waals surface area (Å²) in [5.41, 5.74) is 0. The Morgan fingerprint density at radius 1 is 1.08 bits per heavy atom. The summed E-state index contributed by atoms with van der Waals surface area (Å²) in [5.74, 6) is 3.94. The van der Waals surface area contributed by atoms with Crippen LogP contribution in [0.3, 0.4) is 0 Å². The largest absolute Gasteiger partial charge is 0.303 e. The van der Waals surface area contributed by atoms with Crippen LogP contribution in [0.4, 0.5) is 0 Å². The van der Waals surface area contributed by atoms with E-state index in [9.17, 15) is 0 Å². The average Bonchev–Trinajstić information content (AvgIpc) is 2.75. The normalized spacial score (nSPS) is 46.4. The highest BCUT2D eigenvalue weighted by atomic mass is 15.1.